The maximum atomic E-state index is 13.7. The van der Waals surface area contributed by atoms with Crippen molar-refractivity contribution in [2.24, 2.45) is 0 Å². The number of hydrogen-bond donors (Lipinski definition) is 1. The zero-order valence-corrected chi connectivity index (χ0v) is 13.5. The van der Waals surface area contributed by atoms with E-state index < -0.39 is 5.82 Å². The van der Waals surface area contributed by atoms with Gasteiger partial charge in [0.05, 0.1) is 12.1 Å². The molecule has 0 aliphatic rings. The van der Waals surface area contributed by atoms with E-state index >= 15 is 0 Å². The zero-order valence-electron chi connectivity index (χ0n) is 13.5. The average molecular weight is 341 g/mol. The third-order valence-corrected chi connectivity index (χ3v) is 3.41. The predicted octanol–water partition coefficient (Wildman–Crippen LogP) is 2.88. The van der Waals surface area contributed by atoms with Crippen LogP contribution in [0.4, 0.5) is 4.39 Å². The van der Waals surface area contributed by atoms with E-state index in [0.717, 1.165) is 5.56 Å². The Morgan fingerprint density at radius 1 is 1.20 bits per heavy atom. The summed E-state index contributed by atoms with van der Waals surface area (Å²) in [5.74, 6) is 0.164. The van der Waals surface area contributed by atoms with Crippen molar-refractivity contribution in [3.8, 4) is 17.1 Å². The normalized spacial score (nSPS) is 10.5. The van der Waals surface area contributed by atoms with Gasteiger partial charge in [-0.05, 0) is 31.2 Å². The van der Waals surface area contributed by atoms with E-state index in [2.05, 4.69) is 15.5 Å². The molecule has 3 aromatic rings. The third kappa shape index (κ3) is 4.41. The minimum atomic E-state index is -0.439. The van der Waals surface area contributed by atoms with Crippen molar-refractivity contribution in [1.82, 2.24) is 15.5 Å². The molecule has 1 heterocycles. The van der Waals surface area contributed by atoms with E-state index in [1.54, 1.807) is 30.3 Å². The number of benzene rings is 2. The minimum Gasteiger partial charge on any atom is -0.484 e. The number of aryl methyl sites for hydroxylation is 1. The topological polar surface area (TPSA) is 77.2 Å². The van der Waals surface area contributed by atoms with Gasteiger partial charge in [-0.15, -0.1) is 0 Å². The van der Waals surface area contributed by atoms with E-state index in [4.69, 9.17) is 9.26 Å². The Kier molecular flexibility index (Phi) is 5.03. The molecule has 3 rings (SSSR count). The summed E-state index contributed by atoms with van der Waals surface area (Å²) in [7, 11) is 0. The third-order valence-electron chi connectivity index (χ3n) is 3.41. The van der Waals surface area contributed by atoms with Gasteiger partial charge < -0.3 is 14.6 Å². The first-order valence-corrected chi connectivity index (χ1v) is 7.65. The first kappa shape index (κ1) is 16.6. The number of ether oxygens (including phenoxy) is 1. The van der Waals surface area contributed by atoms with Crippen molar-refractivity contribution >= 4 is 5.91 Å². The summed E-state index contributed by atoms with van der Waals surface area (Å²) in [5.41, 5.74) is 1.35. The van der Waals surface area contributed by atoms with E-state index in [1.165, 1.54) is 6.07 Å². The molecule has 0 fully saturated rings. The van der Waals surface area contributed by atoms with E-state index in [-0.39, 0.29) is 36.3 Å². The second-order valence-electron chi connectivity index (χ2n) is 5.37. The number of halogens is 1. The summed E-state index contributed by atoms with van der Waals surface area (Å²) in [4.78, 5) is 15.9. The predicted molar refractivity (Wildman–Crippen MR) is 88.2 cm³/mol. The van der Waals surface area contributed by atoms with Gasteiger partial charge in [-0.3, -0.25) is 4.79 Å². The lowest BCUT2D eigenvalue weighted by molar-refractivity contribution is -0.123. The molecule has 0 spiro atoms. The van der Waals surface area contributed by atoms with Crippen LogP contribution < -0.4 is 10.1 Å². The van der Waals surface area contributed by atoms with Gasteiger partial charge in [-0.1, -0.05) is 35.0 Å². The number of amides is 1. The highest BCUT2D eigenvalue weighted by atomic mass is 19.1. The molecule has 0 aliphatic heterocycles. The van der Waals surface area contributed by atoms with Crippen molar-refractivity contribution in [2.45, 2.75) is 13.5 Å². The monoisotopic (exact) mass is 341 g/mol. The van der Waals surface area contributed by atoms with Crippen LogP contribution in [0.3, 0.4) is 0 Å². The molecule has 128 valence electrons. The van der Waals surface area contributed by atoms with Crippen molar-refractivity contribution in [2.75, 3.05) is 6.61 Å². The van der Waals surface area contributed by atoms with E-state index in [0.29, 0.717) is 5.75 Å². The Balaban J connectivity index is 1.51. The Morgan fingerprint density at radius 3 is 2.72 bits per heavy atom. The Morgan fingerprint density at radius 2 is 1.96 bits per heavy atom. The summed E-state index contributed by atoms with van der Waals surface area (Å²) >= 11 is 0. The van der Waals surface area contributed by atoms with Crippen molar-refractivity contribution < 1.29 is 18.4 Å². The second-order valence-corrected chi connectivity index (χ2v) is 5.37. The standard InChI is InChI=1S/C18H16FN3O3/c1-12-6-8-13(9-7-12)24-11-16(23)20-10-17-21-18(22-25-17)14-4-2-3-5-15(14)19/h2-9H,10-11H2,1H3,(H,20,23). The lowest BCUT2D eigenvalue weighted by Crippen LogP contribution is -2.28. The Labute approximate surface area is 143 Å². The molecule has 0 saturated heterocycles. The molecule has 1 aromatic heterocycles. The molecule has 1 N–H and O–H groups in total. The molecule has 0 bridgehead atoms. The fraction of sp³-hybridized carbons (Fsp3) is 0.167. The van der Waals surface area contributed by atoms with Crippen LogP contribution in [0.2, 0.25) is 0 Å². The summed E-state index contributed by atoms with van der Waals surface area (Å²) < 4.78 is 24.1. The molecule has 1 amide bonds. The molecule has 0 atom stereocenters. The van der Waals surface area contributed by atoms with Crippen LogP contribution in [0, 0.1) is 12.7 Å². The lowest BCUT2D eigenvalue weighted by atomic mass is 10.2. The Bertz CT molecular complexity index is 862. The van der Waals surface area contributed by atoms with Gasteiger partial charge in [0.1, 0.15) is 11.6 Å². The smallest absolute Gasteiger partial charge is 0.258 e. The van der Waals surface area contributed by atoms with Gasteiger partial charge in [0, 0.05) is 0 Å². The number of aromatic nitrogens is 2. The number of carbonyl (C=O) groups is 1. The number of carbonyl (C=O) groups excluding carboxylic acids is 1. The highest BCUT2D eigenvalue weighted by Gasteiger charge is 2.13. The molecule has 2 aromatic carbocycles. The van der Waals surface area contributed by atoms with Gasteiger partial charge in [0.2, 0.25) is 11.7 Å². The van der Waals surface area contributed by atoms with Crippen LogP contribution in [0.1, 0.15) is 11.5 Å². The summed E-state index contributed by atoms with van der Waals surface area (Å²) in [5, 5.41) is 6.32. The second kappa shape index (κ2) is 7.57. The maximum absolute atomic E-state index is 13.7. The zero-order chi connectivity index (χ0) is 17.6. The van der Waals surface area contributed by atoms with E-state index in [1.807, 2.05) is 19.1 Å². The maximum Gasteiger partial charge on any atom is 0.258 e. The summed E-state index contributed by atoms with van der Waals surface area (Å²) in [6.45, 7) is 1.88. The molecule has 6 nitrogen and oxygen atoms in total. The van der Waals surface area contributed by atoms with Gasteiger partial charge in [-0.25, -0.2) is 4.39 Å². The molecule has 0 aliphatic carbocycles. The average Bonchev–Trinajstić information content (AvgIpc) is 3.08. The van der Waals surface area contributed by atoms with Crippen LogP contribution in [0.15, 0.2) is 53.1 Å². The Hall–Kier alpha value is -3.22. The van der Waals surface area contributed by atoms with Crippen molar-refractivity contribution in [3.05, 3.63) is 65.8 Å². The van der Waals surface area contributed by atoms with Gasteiger partial charge in [-0.2, -0.15) is 4.98 Å². The van der Waals surface area contributed by atoms with Crippen LogP contribution >= 0.6 is 0 Å². The number of nitrogens with zero attached hydrogens (tertiary/aromatic N) is 2. The first-order valence-electron chi connectivity index (χ1n) is 7.65. The molecule has 0 unspecified atom stereocenters. The molecule has 0 saturated carbocycles. The van der Waals surface area contributed by atoms with Crippen LogP contribution in [-0.4, -0.2) is 22.7 Å². The first-order chi connectivity index (χ1) is 12.1. The number of rotatable bonds is 6. The van der Waals surface area contributed by atoms with Crippen molar-refractivity contribution in [1.29, 1.82) is 0 Å². The molecular formula is C18H16FN3O3. The lowest BCUT2D eigenvalue weighted by Gasteiger charge is -2.06. The van der Waals surface area contributed by atoms with Crippen LogP contribution in [0.5, 0.6) is 5.75 Å². The molecule has 25 heavy (non-hydrogen) atoms. The molecule has 7 heteroatoms. The highest BCUT2D eigenvalue weighted by Crippen LogP contribution is 2.19. The molecule has 0 radical (unpaired) electrons. The number of hydrogen-bond acceptors (Lipinski definition) is 5. The van der Waals surface area contributed by atoms with Crippen LogP contribution in [-0.2, 0) is 11.3 Å². The van der Waals surface area contributed by atoms with Gasteiger partial charge >= 0.3 is 0 Å². The fourth-order valence-electron chi connectivity index (χ4n) is 2.09. The van der Waals surface area contributed by atoms with Crippen molar-refractivity contribution in [3.63, 3.8) is 0 Å². The molecular weight excluding hydrogens is 325 g/mol. The summed E-state index contributed by atoms with van der Waals surface area (Å²) in [6.07, 6.45) is 0. The van der Waals surface area contributed by atoms with Gasteiger partial charge in [0.15, 0.2) is 6.61 Å². The SMILES string of the molecule is Cc1ccc(OCC(=O)NCc2nc(-c3ccccc3F)no2)cc1. The quantitative estimate of drug-likeness (QED) is 0.746. The highest BCUT2D eigenvalue weighted by molar-refractivity contribution is 5.77. The fourth-order valence-corrected chi connectivity index (χ4v) is 2.09. The minimum absolute atomic E-state index is 0.0392. The van der Waals surface area contributed by atoms with Crippen LogP contribution in [0.25, 0.3) is 11.4 Å². The van der Waals surface area contributed by atoms with Gasteiger partial charge in [0.25, 0.3) is 5.91 Å². The summed E-state index contributed by atoms with van der Waals surface area (Å²) in [6, 6.07) is 13.5. The van der Waals surface area contributed by atoms with E-state index in [9.17, 15) is 9.18 Å². The largest absolute Gasteiger partial charge is 0.484 e. The number of nitrogens with one attached hydrogen (secondary N) is 1.